The van der Waals surface area contributed by atoms with Crippen molar-refractivity contribution >= 4 is 39.5 Å². The monoisotopic (exact) mass is 1450 g/mol. The Kier molecular flexibility index (Phi) is 70.8. The summed E-state index contributed by atoms with van der Waals surface area (Å²) in [4.78, 5) is 72.9. The minimum atomic E-state index is -4.98. The highest BCUT2D eigenvalue weighted by molar-refractivity contribution is 7.47. The number of allylic oxidation sites excluding steroid dienone is 14. The lowest BCUT2D eigenvalue weighted by Crippen LogP contribution is -2.30. The quantitative estimate of drug-likeness (QED) is 0.0169. The molecular weight excluding hydrogens is 1310 g/mol. The molecule has 0 spiro atoms. The molecule has 0 amide bonds. The molecule has 17 nitrogen and oxygen atoms in total. The van der Waals surface area contributed by atoms with Crippen LogP contribution in [0, 0.1) is 0 Å². The third kappa shape index (κ3) is 72.6. The summed E-state index contributed by atoms with van der Waals surface area (Å²) in [6.07, 6.45) is 75.6. The zero-order chi connectivity index (χ0) is 73.2. The SMILES string of the molecule is CC/C=C\C/C=C\C/C=C\C/C=C\CCCCCCCCC(=O)OCC(COP(=O)(O)OCC(O)COP(=O)(O)OCC(COC(=O)CCCCCCC/C=C\CCCCCC)OC(=O)CCCCCCC/C=C\CCCCCC)OC(=O)CCCCCCC/C=C\CCCCCCCC. The zero-order valence-corrected chi connectivity index (χ0v) is 65.2. The van der Waals surface area contributed by atoms with Crippen molar-refractivity contribution in [2.45, 2.75) is 367 Å². The number of hydrogen-bond acceptors (Lipinski definition) is 15. The van der Waals surface area contributed by atoms with Crippen LogP contribution < -0.4 is 0 Å². The lowest BCUT2D eigenvalue weighted by atomic mass is 10.1. The van der Waals surface area contributed by atoms with Crippen molar-refractivity contribution in [3.63, 3.8) is 0 Å². The molecule has 0 aliphatic carbocycles. The maximum atomic E-state index is 13.1. The van der Waals surface area contributed by atoms with Gasteiger partial charge >= 0.3 is 39.5 Å². The minimum absolute atomic E-state index is 0.0829. The first-order valence-corrected chi connectivity index (χ1v) is 42.8. The molecule has 0 bridgehead atoms. The second-order valence-electron chi connectivity index (χ2n) is 26.6. The summed E-state index contributed by atoms with van der Waals surface area (Å²) in [7, 11) is -9.95. The highest BCUT2D eigenvalue weighted by atomic mass is 31.2. The Bertz CT molecular complexity index is 2230. The second-order valence-corrected chi connectivity index (χ2v) is 29.5. The third-order valence-electron chi connectivity index (χ3n) is 16.8. The van der Waals surface area contributed by atoms with Crippen molar-refractivity contribution < 1.29 is 80.2 Å². The number of phosphoric ester groups is 2. The molecule has 0 heterocycles. The molecule has 5 atom stereocenters. The summed E-state index contributed by atoms with van der Waals surface area (Å²) in [5.74, 6) is -2.20. The largest absolute Gasteiger partial charge is 0.472 e. The molecular formula is C81H144O17P2. The number of carbonyl (C=O) groups is 4. The van der Waals surface area contributed by atoms with E-state index in [9.17, 15) is 43.2 Å². The number of esters is 4. The van der Waals surface area contributed by atoms with E-state index in [0.717, 1.165) is 180 Å². The van der Waals surface area contributed by atoms with Crippen molar-refractivity contribution in [1.82, 2.24) is 0 Å². The van der Waals surface area contributed by atoms with Crippen LogP contribution in [0.25, 0.3) is 0 Å². The number of unbranched alkanes of at least 4 members (excludes halogenated alkanes) is 35. The fraction of sp³-hybridized carbons (Fsp3) is 0.778. The third-order valence-corrected chi connectivity index (χ3v) is 18.7. The molecule has 580 valence electrons. The van der Waals surface area contributed by atoms with Crippen LogP contribution in [0.15, 0.2) is 85.1 Å². The highest BCUT2D eigenvalue weighted by Crippen LogP contribution is 2.45. The Hall–Kier alpha value is -3.76. The number of hydrogen-bond donors (Lipinski definition) is 3. The van der Waals surface area contributed by atoms with Gasteiger partial charge in [-0.3, -0.25) is 37.3 Å². The lowest BCUT2D eigenvalue weighted by Gasteiger charge is -2.21. The van der Waals surface area contributed by atoms with Gasteiger partial charge in [0.1, 0.15) is 19.3 Å². The summed E-state index contributed by atoms with van der Waals surface area (Å²) in [6, 6.07) is 0. The van der Waals surface area contributed by atoms with Gasteiger partial charge in [0, 0.05) is 25.7 Å². The first-order valence-electron chi connectivity index (χ1n) is 39.8. The second kappa shape index (κ2) is 73.5. The van der Waals surface area contributed by atoms with E-state index in [0.29, 0.717) is 25.7 Å². The van der Waals surface area contributed by atoms with Crippen LogP contribution >= 0.6 is 15.6 Å². The van der Waals surface area contributed by atoms with Crippen LogP contribution in [0.3, 0.4) is 0 Å². The Morgan fingerprint density at radius 3 is 0.820 bits per heavy atom. The first-order chi connectivity index (χ1) is 48.7. The Labute approximate surface area is 608 Å². The van der Waals surface area contributed by atoms with Crippen LogP contribution in [-0.4, -0.2) is 96.7 Å². The van der Waals surface area contributed by atoms with E-state index >= 15 is 0 Å². The summed E-state index contributed by atoms with van der Waals surface area (Å²) < 4.78 is 68.6. The lowest BCUT2D eigenvalue weighted by molar-refractivity contribution is -0.161. The molecule has 0 aromatic rings. The van der Waals surface area contributed by atoms with Gasteiger partial charge in [0.25, 0.3) is 0 Å². The predicted octanol–water partition coefficient (Wildman–Crippen LogP) is 23.0. The van der Waals surface area contributed by atoms with Crippen LogP contribution in [0.4, 0.5) is 0 Å². The van der Waals surface area contributed by atoms with E-state index in [1.54, 1.807) is 0 Å². The van der Waals surface area contributed by atoms with Crippen molar-refractivity contribution in [2.24, 2.45) is 0 Å². The van der Waals surface area contributed by atoms with Gasteiger partial charge in [-0.25, -0.2) is 9.13 Å². The maximum absolute atomic E-state index is 13.1. The molecule has 0 saturated carbocycles. The van der Waals surface area contributed by atoms with E-state index in [4.69, 9.17) is 37.0 Å². The van der Waals surface area contributed by atoms with Gasteiger partial charge in [0.05, 0.1) is 26.4 Å². The van der Waals surface area contributed by atoms with Gasteiger partial charge in [-0.05, 0) is 141 Å². The summed E-state index contributed by atoms with van der Waals surface area (Å²) in [5, 5.41) is 10.6. The van der Waals surface area contributed by atoms with Gasteiger partial charge < -0.3 is 33.8 Å². The molecule has 0 aliphatic heterocycles. The number of carbonyl (C=O) groups excluding carboxylic acids is 4. The Morgan fingerprint density at radius 2 is 0.520 bits per heavy atom. The van der Waals surface area contributed by atoms with Gasteiger partial charge in [0.2, 0.25) is 0 Å². The van der Waals surface area contributed by atoms with Crippen LogP contribution in [-0.2, 0) is 65.4 Å². The van der Waals surface area contributed by atoms with Gasteiger partial charge in [-0.15, -0.1) is 0 Å². The molecule has 0 fully saturated rings. The average molecular weight is 1450 g/mol. The molecule has 5 unspecified atom stereocenters. The molecule has 100 heavy (non-hydrogen) atoms. The number of aliphatic hydroxyl groups is 1. The maximum Gasteiger partial charge on any atom is 0.472 e. The minimum Gasteiger partial charge on any atom is -0.462 e. The van der Waals surface area contributed by atoms with E-state index in [1.807, 2.05) is 0 Å². The van der Waals surface area contributed by atoms with E-state index in [1.165, 1.54) is 89.9 Å². The van der Waals surface area contributed by atoms with E-state index in [2.05, 4.69) is 113 Å². The topological polar surface area (TPSA) is 237 Å². The zero-order valence-electron chi connectivity index (χ0n) is 63.4. The predicted molar refractivity (Wildman–Crippen MR) is 409 cm³/mol. The van der Waals surface area contributed by atoms with E-state index in [-0.39, 0.29) is 25.7 Å². The smallest absolute Gasteiger partial charge is 0.462 e. The number of phosphoric acid groups is 2. The number of aliphatic hydroxyl groups excluding tert-OH is 1. The molecule has 3 N–H and O–H groups in total. The molecule has 0 rings (SSSR count). The number of ether oxygens (including phenoxy) is 4. The summed E-state index contributed by atoms with van der Waals surface area (Å²) in [6.45, 7) is 4.73. The standard InChI is InChI=1S/C81H144O17P2/c1-5-9-13-17-21-25-29-33-35-36-37-38-40-43-46-50-54-58-62-66-79(84)92-72-77(98-81(86)68-64-60-56-52-48-44-39-34-30-26-22-18-14-10-6-2)74-96-100(89,90)94-70-75(82)69-93-99(87,88)95-73-76(97-80(85)67-63-59-55-51-47-42-32-28-24-20-16-12-8-4)71-91-78(83)65-61-57-53-49-45-41-31-27-23-19-15-11-7-3/h9,13,21,25,27-28,31-35,37-39,75-77,82H,5-8,10-12,14-20,22-24,26,29-30,36,40-74H2,1-4H3,(H,87,88)(H,89,90)/b13-9-,25-21-,31-27-,32-28-,35-33-,38-37-,39-34-. The van der Waals surface area contributed by atoms with Crippen molar-refractivity contribution in [1.29, 1.82) is 0 Å². The molecule has 0 aliphatic rings. The number of rotatable bonds is 75. The van der Waals surface area contributed by atoms with Crippen LogP contribution in [0.5, 0.6) is 0 Å². The molecule has 0 saturated heterocycles. The fourth-order valence-electron chi connectivity index (χ4n) is 10.7. The normalized spacial score (nSPS) is 14.3. The fourth-order valence-corrected chi connectivity index (χ4v) is 12.3. The van der Waals surface area contributed by atoms with Crippen molar-refractivity contribution in [3.8, 4) is 0 Å². The summed E-state index contributed by atoms with van der Waals surface area (Å²) >= 11 is 0. The molecule has 0 aromatic carbocycles. The van der Waals surface area contributed by atoms with Gasteiger partial charge in [-0.1, -0.05) is 267 Å². The average Bonchev–Trinajstić information content (AvgIpc) is 0.946. The van der Waals surface area contributed by atoms with Crippen molar-refractivity contribution in [3.05, 3.63) is 85.1 Å². The Morgan fingerprint density at radius 1 is 0.290 bits per heavy atom. The van der Waals surface area contributed by atoms with Gasteiger partial charge in [0.15, 0.2) is 12.2 Å². The van der Waals surface area contributed by atoms with Crippen LogP contribution in [0.1, 0.15) is 349 Å². The molecule has 0 aromatic heterocycles. The molecule has 19 heteroatoms. The van der Waals surface area contributed by atoms with E-state index < -0.39 is 97.5 Å². The highest BCUT2D eigenvalue weighted by Gasteiger charge is 2.30. The van der Waals surface area contributed by atoms with Gasteiger partial charge in [-0.2, -0.15) is 0 Å². The first kappa shape index (κ1) is 96.2. The Balaban J connectivity index is 5.35. The van der Waals surface area contributed by atoms with Crippen molar-refractivity contribution in [2.75, 3.05) is 39.6 Å². The van der Waals surface area contributed by atoms with Crippen LogP contribution in [0.2, 0.25) is 0 Å². The summed E-state index contributed by atoms with van der Waals surface area (Å²) in [5.41, 5.74) is 0. The molecule has 0 radical (unpaired) electrons.